The summed E-state index contributed by atoms with van der Waals surface area (Å²) in [6.45, 7) is 5.31. The first-order valence-electron chi connectivity index (χ1n) is 10.2. The average molecular weight is 434 g/mol. The number of esters is 1. The normalized spacial score (nSPS) is 11.0. The molecular weight excluding hydrogens is 408 g/mol. The second-order valence-corrected chi connectivity index (χ2v) is 8.25. The highest BCUT2D eigenvalue weighted by Gasteiger charge is 2.26. The molecule has 0 aliphatic heterocycles. The minimum atomic E-state index is -0.788. The van der Waals surface area contributed by atoms with E-state index < -0.39 is 16.8 Å². The molecule has 1 aromatic heterocycles. The van der Waals surface area contributed by atoms with Crippen LogP contribution in [0.25, 0.3) is 0 Å². The number of aromatic nitrogens is 1. The Morgan fingerprint density at radius 1 is 0.875 bits per heavy atom. The van der Waals surface area contributed by atoms with Crippen LogP contribution in [0.5, 0.6) is 5.75 Å². The summed E-state index contributed by atoms with van der Waals surface area (Å²) in [5, 5.41) is 0. The molecule has 0 radical (unpaired) electrons. The van der Waals surface area contributed by atoms with Gasteiger partial charge in [-0.15, -0.1) is 0 Å². The lowest BCUT2D eigenvalue weighted by molar-refractivity contribution is -0.124. The van der Waals surface area contributed by atoms with Crippen LogP contribution in [0.1, 0.15) is 42.4 Å². The van der Waals surface area contributed by atoms with Gasteiger partial charge in [-0.2, -0.15) is 0 Å². The Balaban J connectivity index is 1.94. The molecule has 2 aromatic carbocycles. The predicted molar refractivity (Wildman–Crippen MR) is 121 cm³/mol. The molecule has 0 saturated carbocycles. The van der Waals surface area contributed by atoms with Crippen LogP contribution in [-0.4, -0.2) is 16.6 Å². The molecule has 1 heterocycles. The number of amides is 1. The first-order chi connectivity index (χ1) is 15.3. The van der Waals surface area contributed by atoms with Gasteiger partial charge in [0.25, 0.3) is 0 Å². The molecule has 0 saturated heterocycles. The minimum Gasteiger partial charge on any atom is -0.482 e. The number of rotatable bonds is 7. The number of carbonyl (C=O) groups is 2. The van der Waals surface area contributed by atoms with E-state index in [1.807, 2.05) is 60.7 Å². The van der Waals surface area contributed by atoms with Gasteiger partial charge in [0.1, 0.15) is 13.2 Å². The van der Waals surface area contributed by atoms with Crippen LogP contribution < -0.4 is 15.6 Å². The van der Waals surface area contributed by atoms with Crippen molar-refractivity contribution in [2.45, 2.75) is 34.0 Å². The van der Waals surface area contributed by atoms with Gasteiger partial charge >= 0.3 is 5.97 Å². The number of hydrogen-bond acceptors (Lipinski definition) is 5. The van der Waals surface area contributed by atoms with E-state index in [4.69, 9.17) is 9.47 Å². The summed E-state index contributed by atoms with van der Waals surface area (Å²) in [6, 6.07) is 19.6. The smallest absolute Gasteiger partial charge is 0.361 e. The zero-order valence-electron chi connectivity index (χ0n) is 18.3. The van der Waals surface area contributed by atoms with Crippen LogP contribution in [0, 0.1) is 5.41 Å². The first-order valence-corrected chi connectivity index (χ1v) is 10.2. The van der Waals surface area contributed by atoms with Crippen LogP contribution in [0.3, 0.4) is 0 Å². The Kier molecular flexibility index (Phi) is 7.10. The van der Waals surface area contributed by atoms with E-state index in [1.54, 1.807) is 20.8 Å². The maximum atomic E-state index is 13.0. The maximum Gasteiger partial charge on any atom is 0.361 e. The first kappa shape index (κ1) is 22.8. The van der Waals surface area contributed by atoms with Crippen LogP contribution in [0.15, 0.2) is 77.7 Å². The number of benzene rings is 2. The lowest BCUT2D eigenvalue weighted by Crippen LogP contribution is -2.36. The molecule has 1 amide bonds. The number of carbonyl (C=O) groups excluding carboxylic acids is 2. The van der Waals surface area contributed by atoms with E-state index in [2.05, 4.69) is 5.43 Å². The summed E-state index contributed by atoms with van der Waals surface area (Å²) in [4.78, 5) is 38.2. The van der Waals surface area contributed by atoms with Crippen molar-refractivity contribution in [3.63, 3.8) is 0 Å². The Morgan fingerprint density at radius 2 is 1.44 bits per heavy atom. The van der Waals surface area contributed by atoms with Crippen molar-refractivity contribution in [1.29, 1.82) is 0 Å². The lowest BCUT2D eigenvalue weighted by Gasteiger charge is -2.22. The Labute approximate surface area is 186 Å². The van der Waals surface area contributed by atoms with Crippen LogP contribution >= 0.6 is 0 Å². The monoisotopic (exact) mass is 434 g/mol. The van der Waals surface area contributed by atoms with Gasteiger partial charge in [-0.05, 0) is 11.1 Å². The number of nitrogens with zero attached hydrogens (tertiary/aromatic N) is 1. The van der Waals surface area contributed by atoms with Gasteiger partial charge < -0.3 is 9.47 Å². The highest BCUT2D eigenvalue weighted by Crippen LogP contribution is 2.19. The molecule has 0 fully saturated rings. The van der Waals surface area contributed by atoms with Crippen molar-refractivity contribution < 1.29 is 19.1 Å². The zero-order chi connectivity index (χ0) is 23.1. The highest BCUT2D eigenvalue weighted by molar-refractivity contribution is 5.93. The third-order valence-corrected chi connectivity index (χ3v) is 4.59. The Morgan fingerprint density at radius 3 is 2.00 bits per heavy atom. The van der Waals surface area contributed by atoms with Gasteiger partial charge in [0.05, 0.1) is 0 Å². The van der Waals surface area contributed by atoms with Gasteiger partial charge in [-0.3, -0.25) is 19.7 Å². The van der Waals surface area contributed by atoms with Crippen molar-refractivity contribution >= 4 is 11.9 Å². The molecule has 0 atom stereocenters. The lowest BCUT2D eigenvalue weighted by atomic mass is 9.96. The quantitative estimate of drug-likeness (QED) is 0.570. The van der Waals surface area contributed by atoms with Crippen molar-refractivity contribution in [3.8, 4) is 5.75 Å². The molecule has 7 nitrogen and oxygen atoms in total. The van der Waals surface area contributed by atoms with E-state index in [0.29, 0.717) is 0 Å². The van der Waals surface area contributed by atoms with Gasteiger partial charge in [0.2, 0.25) is 11.3 Å². The topological polar surface area (TPSA) is 86.6 Å². The van der Waals surface area contributed by atoms with Crippen molar-refractivity contribution in [3.05, 3.63) is 100.0 Å². The number of nitrogens with one attached hydrogen (secondary N) is 1. The van der Waals surface area contributed by atoms with Gasteiger partial charge in [-0.25, -0.2) is 4.79 Å². The molecule has 1 N–H and O–H groups in total. The Hall–Kier alpha value is -3.87. The van der Waals surface area contributed by atoms with Gasteiger partial charge in [0, 0.05) is 17.7 Å². The summed E-state index contributed by atoms with van der Waals surface area (Å²) < 4.78 is 12.4. The SMILES string of the molecule is CC(C)(C)C(=O)Nn1ccc(=O)c(OCc2ccccc2)c1C(=O)OCc1ccccc1. The largest absolute Gasteiger partial charge is 0.482 e. The van der Waals surface area contributed by atoms with Crippen molar-refractivity contribution in [1.82, 2.24) is 4.68 Å². The fraction of sp³-hybridized carbons (Fsp3) is 0.240. The molecule has 0 unspecified atom stereocenters. The third kappa shape index (κ3) is 5.85. The molecule has 0 aliphatic carbocycles. The van der Waals surface area contributed by atoms with Crippen molar-refractivity contribution in [2.24, 2.45) is 5.41 Å². The molecular formula is C25H26N2O5. The molecule has 3 rings (SSSR count). The second-order valence-electron chi connectivity index (χ2n) is 8.25. The summed E-state index contributed by atoms with van der Waals surface area (Å²) >= 11 is 0. The summed E-state index contributed by atoms with van der Waals surface area (Å²) in [6.07, 6.45) is 1.32. The molecule has 0 aliphatic rings. The van der Waals surface area contributed by atoms with E-state index in [1.165, 1.54) is 16.9 Å². The molecule has 166 valence electrons. The molecule has 0 bridgehead atoms. The van der Waals surface area contributed by atoms with Gasteiger partial charge in [-0.1, -0.05) is 81.4 Å². The van der Waals surface area contributed by atoms with Crippen LogP contribution in [-0.2, 0) is 22.7 Å². The highest BCUT2D eigenvalue weighted by atomic mass is 16.5. The number of ether oxygens (including phenoxy) is 2. The zero-order valence-corrected chi connectivity index (χ0v) is 18.3. The molecule has 3 aromatic rings. The maximum absolute atomic E-state index is 13.0. The molecule has 0 spiro atoms. The third-order valence-electron chi connectivity index (χ3n) is 4.59. The number of pyridine rings is 1. The van der Waals surface area contributed by atoms with E-state index in [0.717, 1.165) is 11.1 Å². The molecule has 7 heteroatoms. The second kappa shape index (κ2) is 9.96. The Bertz CT molecular complexity index is 1130. The fourth-order valence-electron chi connectivity index (χ4n) is 2.74. The predicted octanol–water partition coefficient (Wildman–Crippen LogP) is 3.90. The van der Waals surface area contributed by atoms with E-state index in [-0.39, 0.29) is 30.6 Å². The van der Waals surface area contributed by atoms with Crippen LogP contribution in [0.4, 0.5) is 0 Å². The van der Waals surface area contributed by atoms with Crippen molar-refractivity contribution in [2.75, 3.05) is 5.43 Å². The standard InChI is InChI=1S/C25H26N2O5/c1-25(2,3)24(30)26-27-15-14-20(28)22(31-16-18-10-6-4-7-11-18)21(27)23(29)32-17-19-12-8-5-9-13-19/h4-15H,16-17H2,1-3H3,(H,26,30). The van der Waals surface area contributed by atoms with Gasteiger partial charge in [0.15, 0.2) is 11.4 Å². The minimum absolute atomic E-state index is 0.00804. The number of hydrogen-bond donors (Lipinski definition) is 1. The molecule has 32 heavy (non-hydrogen) atoms. The van der Waals surface area contributed by atoms with E-state index in [9.17, 15) is 14.4 Å². The summed E-state index contributed by atoms with van der Waals surface area (Å²) in [7, 11) is 0. The summed E-state index contributed by atoms with van der Waals surface area (Å²) in [5.74, 6) is -1.32. The summed E-state index contributed by atoms with van der Waals surface area (Å²) in [5.41, 5.74) is 2.87. The fourth-order valence-corrected chi connectivity index (χ4v) is 2.74. The van der Waals surface area contributed by atoms with Crippen LogP contribution in [0.2, 0.25) is 0 Å². The average Bonchev–Trinajstić information content (AvgIpc) is 2.78. The van der Waals surface area contributed by atoms with E-state index >= 15 is 0 Å².